The number of aryl methyl sites for hydroxylation is 1. The standard InChI is InChI=1S/C19H20N4O4/c1-4-14-12(19(25)26)9-15(27-14)18(24)20-13-8-6-5-7-11(13)17-21-16(10(2)3)22-23-17/h5-10H,4H2,1-3H3,(H,20,24)(H,25,26)(H,21,22,23). The minimum Gasteiger partial charge on any atom is -0.478 e. The van der Waals surface area contributed by atoms with E-state index in [4.69, 9.17) is 4.42 Å². The smallest absolute Gasteiger partial charge is 0.339 e. The maximum Gasteiger partial charge on any atom is 0.339 e. The molecular formula is C19H20N4O4. The van der Waals surface area contributed by atoms with Gasteiger partial charge in [-0.25, -0.2) is 9.78 Å². The summed E-state index contributed by atoms with van der Waals surface area (Å²) in [5.41, 5.74) is 1.14. The van der Waals surface area contributed by atoms with Crippen LogP contribution in [0.4, 0.5) is 5.69 Å². The lowest BCUT2D eigenvalue weighted by Crippen LogP contribution is -2.12. The number of anilines is 1. The Balaban J connectivity index is 1.90. The van der Waals surface area contributed by atoms with Crippen LogP contribution in [0, 0.1) is 0 Å². The molecule has 8 heteroatoms. The maximum atomic E-state index is 12.6. The van der Waals surface area contributed by atoms with Crippen LogP contribution in [0.1, 0.15) is 59.2 Å². The fraction of sp³-hybridized carbons (Fsp3) is 0.263. The van der Waals surface area contributed by atoms with E-state index in [0.29, 0.717) is 23.5 Å². The number of rotatable bonds is 6. The Morgan fingerprint density at radius 2 is 2.04 bits per heavy atom. The van der Waals surface area contributed by atoms with Crippen molar-refractivity contribution in [2.75, 3.05) is 5.32 Å². The van der Waals surface area contributed by atoms with Gasteiger partial charge in [-0.05, 0) is 12.1 Å². The number of aromatic nitrogens is 3. The Morgan fingerprint density at radius 3 is 2.63 bits per heavy atom. The van der Waals surface area contributed by atoms with E-state index in [1.54, 1.807) is 25.1 Å². The molecule has 3 aromatic rings. The normalized spacial score (nSPS) is 11.0. The van der Waals surface area contributed by atoms with Gasteiger partial charge in [-0.2, -0.15) is 5.10 Å². The van der Waals surface area contributed by atoms with Crippen LogP contribution in [-0.2, 0) is 6.42 Å². The molecule has 0 fully saturated rings. The zero-order valence-electron chi connectivity index (χ0n) is 15.2. The number of nitrogens with zero attached hydrogens (tertiary/aromatic N) is 2. The number of para-hydroxylation sites is 1. The molecule has 8 nitrogen and oxygen atoms in total. The lowest BCUT2D eigenvalue weighted by Gasteiger charge is -2.07. The predicted molar refractivity (Wildman–Crippen MR) is 98.9 cm³/mol. The first-order chi connectivity index (χ1) is 12.9. The molecule has 0 radical (unpaired) electrons. The van der Waals surface area contributed by atoms with Crippen LogP contribution in [0.2, 0.25) is 0 Å². The highest BCUT2D eigenvalue weighted by Crippen LogP contribution is 2.27. The fourth-order valence-electron chi connectivity index (χ4n) is 2.61. The quantitative estimate of drug-likeness (QED) is 0.610. The largest absolute Gasteiger partial charge is 0.478 e. The number of nitrogens with one attached hydrogen (secondary N) is 2. The molecule has 0 saturated carbocycles. The number of hydrogen-bond acceptors (Lipinski definition) is 5. The van der Waals surface area contributed by atoms with Crippen LogP contribution in [-0.4, -0.2) is 32.2 Å². The summed E-state index contributed by atoms with van der Waals surface area (Å²) in [7, 11) is 0. The summed E-state index contributed by atoms with van der Waals surface area (Å²) in [5, 5.41) is 19.1. The third-order valence-electron chi connectivity index (χ3n) is 4.05. The van der Waals surface area contributed by atoms with Crippen LogP contribution in [0.25, 0.3) is 11.4 Å². The van der Waals surface area contributed by atoms with Gasteiger partial charge in [0.1, 0.15) is 17.1 Å². The molecule has 2 aromatic heterocycles. The summed E-state index contributed by atoms with van der Waals surface area (Å²) in [6.45, 7) is 5.76. The van der Waals surface area contributed by atoms with Crippen molar-refractivity contribution in [2.45, 2.75) is 33.1 Å². The Kier molecular flexibility index (Phi) is 5.07. The van der Waals surface area contributed by atoms with Crippen molar-refractivity contribution in [3.8, 4) is 11.4 Å². The van der Waals surface area contributed by atoms with Crippen molar-refractivity contribution < 1.29 is 19.1 Å². The summed E-state index contributed by atoms with van der Waals surface area (Å²) in [6, 6.07) is 8.35. The molecule has 0 aliphatic carbocycles. The monoisotopic (exact) mass is 368 g/mol. The Hall–Kier alpha value is -3.42. The first kappa shape index (κ1) is 18.4. The minimum absolute atomic E-state index is 0.00789. The average molecular weight is 368 g/mol. The maximum absolute atomic E-state index is 12.6. The summed E-state index contributed by atoms with van der Waals surface area (Å²) in [4.78, 5) is 28.3. The molecule has 27 heavy (non-hydrogen) atoms. The molecule has 0 saturated heterocycles. The van der Waals surface area contributed by atoms with E-state index in [-0.39, 0.29) is 23.0 Å². The zero-order valence-corrected chi connectivity index (χ0v) is 15.2. The van der Waals surface area contributed by atoms with E-state index >= 15 is 0 Å². The number of hydrogen-bond donors (Lipinski definition) is 3. The van der Waals surface area contributed by atoms with Crippen molar-refractivity contribution in [1.82, 2.24) is 15.2 Å². The van der Waals surface area contributed by atoms with Crippen LogP contribution in [0.5, 0.6) is 0 Å². The van der Waals surface area contributed by atoms with Gasteiger partial charge in [0, 0.05) is 24.0 Å². The van der Waals surface area contributed by atoms with Crippen molar-refractivity contribution >= 4 is 17.6 Å². The first-order valence-corrected chi connectivity index (χ1v) is 8.59. The van der Waals surface area contributed by atoms with Crippen molar-refractivity contribution in [2.24, 2.45) is 0 Å². The van der Waals surface area contributed by atoms with Crippen molar-refractivity contribution in [3.63, 3.8) is 0 Å². The molecule has 140 valence electrons. The molecule has 0 aliphatic rings. The zero-order chi connectivity index (χ0) is 19.6. The molecule has 0 unspecified atom stereocenters. The predicted octanol–water partition coefficient (Wildman–Crippen LogP) is 3.70. The number of carboxylic acids is 1. The topological polar surface area (TPSA) is 121 Å². The number of furan rings is 1. The van der Waals surface area contributed by atoms with E-state index in [2.05, 4.69) is 20.5 Å². The van der Waals surface area contributed by atoms with Crippen LogP contribution < -0.4 is 5.32 Å². The number of carboxylic acid groups (broad SMARTS) is 1. The summed E-state index contributed by atoms with van der Waals surface area (Å²) < 4.78 is 5.41. The summed E-state index contributed by atoms with van der Waals surface area (Å²) in [5.74, 6) is -0.0574. The molecule has 1 amide bonds. The Labute approximate surface area is 155 Å². The molecule has 3 rings (SSSR count). The number of aromatic carboxylic acids is 1. The lowest BCUT2D eigenvalue weighted by atomic mass is 10.1. The number of carbonyl (C=O) groups excluding carboxylic acids is 1. The molecule has 0 atom stereocenters. The van der Waals surface area contributed by atoms with Crippen LogP contribution in [0.3, 0.4) is 0 Å². The Morgan fingerprint density at radius 1 is 1.30 bits per heavy atom. The van der Waals surface area contributed by atoms with Gasteiger partial charge in [-0.15, -0.1) is 0 Å². The van der Waals surface area contributed by atoms with Gasteiger partial charge in [-0.1, -0.05) is 32.9 Å². The van der Waals surface area contributed by atoms with Crippen LogP contribution in [0.15, 0.2) is 34.7 Å². The van der Waals surface area contributed by atoms with Gasteiger partial charge >= 0.3 is 5.97 Å². The Bertz CT molecular complexity index is 987. The third kappa shape index (κ3) is 3.74. The van der Waals surface area contributed by atoms with Gasteiger partial charge in [0.2, 0.25) is 0 Å². The fourth-order valence-corrected chi connectivity index (χ4v) is 2.61. The van der Waals surface area contributed by atoms with Gasteiger partial charge < -0.3 is 14.8 Å². The van der Waals surface area contributed by atoms with E-state index in [1.165, 1.54) is 6.07 Å². The molecule has 0 aliphatic heterocycles. The first-order valence-electron chi connectivity index (χ1n) is 8.59. The second kappa shape index (κ2) is 7.45. The number of aromatic amines is 1. The molecular weight excluding hydrogens is 348 g/mol. The molecule has 2 heterocycles. The van der Waals surface area contributed by atoms with Gasteiger partial charge in [0.05, 0.1) is 5.69 Å². The van der Waals surface area contributed by atoms with E-state index in [0.717, 1.165) is 5.82 Å². The number of H-pyrrole nitrogens is 1. The van der Waals surface area contributed by atoms with Gasteiger partial charge in [0.15, 0.2) is 11.6 Å². The number of carbonyl (C=O) groups is 2. The van der Waals surface area contributed by atoms with Crippen LogP contribution >= 0.6 is 0 Å². The lowest BCUT2D eigenvalue weighted by molar-refractivity contribution is 0.0694. The van der Waals surface area contributed by atoms with Gasteiger partial charge in [0.25, 0.3) is 5.91 Å². The van der Waals surface area contributed by atoms with Crippen molar-refractivity contribution in [1.29, 1.82) is 0 Å². The molecule has 3 N–H and O–H groups in total. The summed E-state index contributed by atoms with van der Waals surface area (Å²) >= 11 is 0. The SMILES string of the molecule is CCc1oc(C(=O)Nc2ccccc2-c2n[nH]c(C(C)C)n2)cc1C(=O)O. The van der Waals surface area contributed by atoms with E-state index < -0.39 is 11.9 Å². The number of amides is 1. The van der Waals surface area contributed by atoms with Gasteiger partial charge in [-0.3, -0.25) is 9.89 Å². The highest BCUT2D eigenvalue weighted by atomic mass is 16.4. The highest BCUT2D eigenvalue weighted by molar-refractivity contribution is 6.05. The third-order valence-corrected chi connectivity index (χ3v) is 4.05. The molecule has 0 bridgehead atoms. The summed E-state index contributed by atoms with van der Waals surface area (Å²) in [6.07, 6.45) is 0.376. The van der Waals surface area contributed by atoms with Crippen molar-refractivity contribution in [3.05, 3.63) is 53.2 Å². The average Bonchev–Trinajstić information content (AvgIpc) is 3.29. The van der Waals surface area contributed by atoms with E-state index in [9.17, 15) is 14.7 Å². The molecule has 1 aromatic carbocycles. The molecule has 0 spiro atoms. The second-order valence-electron chi connectivity index (χ2n) is 6.30. The number of benzene rings is 1. The minimum atomic E-state index is -1.13. The second-order valence-corrected chi connectivity index (χ2v) is 6.30. The van der Waals surface area contributed by atoms with E-state index in [1.807, 2.05) is 19.9 Å². The highest BCUT2D eigenvalue weighted by Gasteiger charge is 2.21.